The molecule has 2 N–H and O–H groups in total. The largest absolute Gasteiger partial charge is 0.679 e. The Morgan fingerprint density at radius 3 is 1.45 bits per heavy atom. The van der Waals surface area contributed by atoms with Crippen LogP contribution in [-0.2, 0) is 11.4 Å². The van der Waals surface area contributed by atoms with Crippen molar-refractivity contribution in [2.24, 2.45) is 0 Å². The summed E-state index contributed by atoms with van der Waals surface area (Å²) in [7, 11) is 14.8. The van der Waals surface area contributed by atoms with E-state index in [-0.39, 0.29) is 0 Å². The maximum atomic E-state index is 6.63. The summed E-state index contributed by atoms with van der Waals surface area (Å²) < 4.78 is 0. The van der Waals surface area contributed by atoms with Crippen molar-refractivity contribution in [3.8, 4) is 0 Å². The molecule has 0 saturated carbocycles. The van der Waals surface area contributed by atoms with Crippen molar-refractivity contribution in [1.29, 1.82) is 0 Å². The zero-order valence-electron chi connectivity index (χ0n) is 5.82. The number of hydrogen-bond donors (Lipinski definition) is 0. The van der Waals surface area contributed by atoms with Gasteiger partial charge in [-0.25, -0.2) is 0 Å². The predicted octanol–water partition coefficient (Wildman–Crippen LogP) is 3.53. The van der Waals surface area contributed by atoms with Gasteiger partial charge in [0.1, 0.15) is 0 Å². The maximum absolute atomic E-state index is 6.63. The van der Waals surface area contributed by atoms with Gasteiger partial charge in [-0.2, -0.15) is 26.2 Å². The molecule has 0 heterocycles. The molecule has 0 saturated heterocycles. The Morgan fingerprint density at radius 1 is 1.00 bits per heavy atom. The first-order chi connectivity index (χ1) is 5.15. The molecule has 11 heavy (non-hydrogen) atoms. The summed E-state index contributed by atoms with van der Waals surface area (Å²) in [6.45, 7) is 1.91. The molecular weight excluding hydrogens is 248 g/mol. The smallest absolute Gasteiger partial charge is 0.169 e. The monoisotopic (exact) mass is 257 g/mol. The molecule has 0 aliphatic heterocycles. The van der Waals surface area contributed by atoms with Crippen LogP contribution in [0, 0.1) is 0 Å². The van der Waals surface area contributed by atoms with Crippen molar-refractivity contribution in [2.45, 2.75) is 0 Å². The van der Waals surface area contributed by atoms with E-state index in [1.807, 2.05) is 0 Å². The molecule has 0 aromatic rings. The normalized spacial score (nSPS) is 9.27. The van der Waals surface area contributed by atoms with Crippen molar-refractivity contribution < 1.29 is 11.4 Å². The summed E-state index contributed by atoms with van der Waals surface area (Å²) >= 11 is -1.62. The van der Waals surface area contributed by atoms with Crippen molar-refractivity contribution in [1.82, 2.24) is 0 Å². The molecule has 0 aliphatic carbocycles. The van der Waals surface area contributed by atoms with Crippen LogP contribution in [0.15, 0.2) is 0 Å². The van der Waals surface area contributed by atoms with E-state index in [1.165, 1.54) is 0 Å². The molecule has 0 aliphatic rings. The maximum Gasteiger partial charge on any atom is -0.169 e. The van der Waals surface area contributed by atoms with Crippen molar-refractivity contribution in [3.05, 3.63) is 16.8 Å². The van der Waals surface area contributed by atoms with Crippen molar-refractivity contribution >= 4 is 30.1 Å². The van der Waals surface area contributed by atoms with Gasteiger partial charge in [0.25, 0.3) is 0 Å². The summed E-state index contributed by atoms with van der Waals surface area (Å²) in [6.07, 6.45) is 0. The van der Waals surface area contributed by atoms with Crippen molar-refractivity contribution in [3.63, 3.8) is 0 Å². The third-order valence-electron chi connectivity index (χ3n) is 0.540. The van der Waals surface area contributed by atoms with E-state index in [9.17, 15) is 0 Å². The Labute approximate surface area is 84.3 Å². The fourth-order valence-corrected chi connectivity index (χ4v) is 0.270. The minimum Gasteiger partial charge on any atom is -0.679 e. The number of nitrogens with one attached hydrogen (secondary N) is 2. The first-order valence-corrected chi connectivity index (χ1v) is 8.07. The van der Waals surface area contributed by atoms with Gasteiger partial charge in [0.2, 0.25) is 0 Å². The molecule has 0 fully saturated rings. The average Bonchev–Trinajstić information content (AvgIpc) is 1.88. The first-order valence-electron chi connectivity index (χ1n) is 2.80. The van der Waals surface area contributed by atoms with Crippen LogP contribution in [-0.4, -0.2) is 26.2 Å². The minimum absolute atomic E-state index is 0.361. The minimum atomic E-state index is -1.62. The third kappa shape index (κ3) is 34.8. The number of hydrogen-bond acceptors (Lipinski definition) is 0. The number of rotatable bonds is 4. The van der Waals surface area contributed by atoms with Gasteiger partial charge in [0.15, 0.2) is 0 Å². The fourth-order valence-electron chi connectivity index (χ4n) is 0.270. The SMILES string of the molecule is [Cl][Cr]([Cl])[Cl].[NH-]CC[N-]CC[NH-]. The van der Waals surface area contributed by atoms with Gasteiger partial charge in [-0.05, 0) is 0 Å². The molecular formula is C4H10Cl3CrN3-3. The zero-order chi connectivity index (χ0) is 9.11. The van der Waals surface area contributed by atoms with Crippen LogP contribution in [0.1, 0.15) is 0 Å². The standard InChI is InChI=1S/C4H10N3.3ClH.Cr/c5-1-3-7-4-2-6;;;;/h5-6H,1-4H2;3*1H;/q-3;;;;+3/p-3. The number of halogens is 3. The van der Waals surface area contributed by atoms with Crippen LogP contribution in [0.25, 0.3) is 16.8 Å². The summed E-state index contributed by atoms with van der Waals surface area (Å²) in [5, 5.41) is 3.83. The molecule has 0 aromatic carbocycles. The predicted molar refractivity (Wildman–Crippen MR) is 49.0 cm³/mol. The molecule has 0 unspecified atom stereocenters. The van der Waals surface area contributed by atoms with Gasteiger partial charge in [-0.3, -0.25) is 0 Å². The van der Waals surface area contributed by atoms with Crippen LogP contribution >= 0.6 is 30.1 Å². The van der Waals surface area contributed by atoms with E-state index in [0.29, 0.717) is 26.2 Å². The molecule has 0 bridgehead atoms. The van der Waals surface area contributed by atoms with Crippen LogP contribution < -0.4 is 0 Å². The van der Waals surface area contributed by atoms with E-state index in [1.54, 1.807) is 0 Å². The van der Waals surface area contributed by atoms with E-state index in [0.717, 1.165) is 0 Å². The van der Waals surface area contributed by atoms with E-state index < -0.39 is 11.4 Å². The average molecular weight is 258 g/mol. The molecule has 7 heteroatoms. The molecule has 0 rings (SSSR count). The Morgan fingerprint density at radius 2 is 1.27 bits per heavy atom. The van der Waals surface area contributed by atoms with Gasteiger partial charge in [-0.1, -0.05) is 0 Å². The van der Waals surface area contributed by atoms with Crippen molar-refractivity contribution in [2.75, 3.05) is 26.2 Å². The Balaban J connectivity index is 0. The Kier molecular flexibility index (Phi) is 18.6. The van der Waals surface area contributed by atoms with Crippen LogP contribution in [0.3, 0.4) is 0 Å². The summed E-state index contributed by atoms with van der Waals surface area (Å²) in [5.41, 5.74) is 13.3. The molecule has 0 atom stereocenters. The van der Waals surface area contributed by atoms with Crippen LogP contribution in [0.5, 0.6) is 0 Å². The molecule has 71 valence electrons. The van der Waals surface area contributed by atoms with Gasteiger partial charge in [0.05, 0.1) is 0 Å². The van der Waals surface area contributed by atoms with E-state index >= 15 is 0 Å². The molecule has 0 radical (unpaired) electrons. The summed E-state index contributed by atoms with van der Waals surface area (Å²) in [5.74, 6) is 0. The summed E-state index contributed by atoms with van der Waals surface area (Å²) in [6, 6.07) is 0. The van der Waals surface area contributed by atoms with Gasteiger partial charge in [-0.15, -0.1) is 0 Å². The third-order valence-corrected chi connectivity index (χ3v) is 0.540. The van der Waals surface area contributed by atoms with E-state index in [2.05, 4.69) is 5.32 Å². The quantitative estimate of drug-likeness (QED) is 0.693. The van der Waals surface area contributed by atoms with Gasteiger partial charge >= 0.3 is 41.5 Å². The molecule has 3 nitrogen and oxygen atoms in total. The number of nitrogens with zero attached hydrogens (tertiary/aromatic N) is 1. The second-order valence-corrected chi connectivity index (χ2v) is 7.66. The second kappa shape index (κ2) is 13.8. The molecule has 0 aromatic heterocycles. The van der Waals surface area contributed by atoms with Crippen LogP contribution in [0.2, 0.25) is 0 Å². The fraction of sp³-hybridized carbons (Fsp3) is 1.00. The Bertz CT molecular complexity index is 59.8. The molecule has 0 spiro atoms. The molecule has 0 amide bonds. The Hall–Kier alpha value is 1.28. The first kappa shape index (κ1) is 14.8. The van der Waals surface area contributed by atoms with Gasteiger partial charge < -0.3 is 16.8 Å². The van der Waals surface area contributed by atoms with Gasteiger partial charge in [0, 0.05) is 0 Å². The summed E-state index contributed by atoms with van der Waals surface area (Å²) in [4.78, 5) is 0. The topological polar surface area (TPSA) is 61.7 Å². The van der Waals surface area contributed by atoms with Crippen LogP contribution in [0.4, 0.5) is 0 Å². The van der Waals surface area contributed by atoms with E-state index in [4.69, 9.17) is 41.6 Å². The second-order valence-electron chi connectivity index (χ2n) is 1.35. The zero-order valence-corrected chi connectivity index (χ0v) is 9.36.